The van der Waals surface area contributed by atoms with E-state index in [2.05, 4.69) is 33.4 Å². The normalized spacial score (nSPS) is 39.1. The number of fused-ring (bicyclic) bond motifs is 1. The van der Waals surface area contributed by atoms with Crippen LogP contribution in [-0.2, 0) is 4.74 Å². The van der Waals surface area contributed by atoms with Gasteiger partial charge >= 0.3 is 0 Å². The number of allylic oxidation sites excluding steroid dienone is 2. The predicted molar refractivity (Wildman–Crippen MR) is 63.5 cm³/mol. The highest BCUT2D eigenvalue weighted by molar-refractivity contribution is 5.30. The number of ether oxygens (including phenoxy) is 1. The summed E-state index contributed by atoms with van der Waals surface area (Å²) in [5.41, 5.74) is 1.56. The maximum Gasteiger partial charge on any atom is 0.113 e. The van der Waals surface area contributed by atoms with Crippen molar-refractivity contribution in [3.05, 3.63) is 24.0 Å². The quantitative estimate of drug-likeness (QED) is 0.580. The molecule has 0 N–H and O–H groups in total. The summed E-state index contributed by atoms with van der Waals surface area (Å²) in [5, 5.41) is 0. The maximum absolute atomic E-state index is 6.08. The summed E-state index contributed by atoms with van der Waals surface area (Å²) in [6.45, 7) is 13.2. The van der Waals surface area contributed by atoms with Crippen LogP contribution >= 0.6 is 0 Å². The van der Waals surface area contributed by atoms with Crippen LogP contribution in [0.2, 0.25) is 0 Å². The summed E-state index contributed by atoms with van der Waals surface area (Å²) in [7, 11) is 0. The van der Waals surface area contributed by atoms with E-state index in [9.17, 15) is 0 Å². The summed E-state index contributed by atoms with van der Waals surface area (Å²) in [5.74, 6) is 1.50. The fourth-order valence-corrected chi connectivity index (χ4v) is 3.76. The van der Waals surface area contributed by atoms with Crippen LogP contribution < -0.4 is 0 Å². The molecule has 2 atom stereocenters. The van der Waals surface area contributed by atoms with Gasteiger partial charge in [0.15, 0.2) is 0 Å². The highest BCUT2D eigenvalue weighted by atomic mass is 16.5. The van der Waals surface area contributed by atoms with E-state index in [0.717, 1.165) is 12.2 Å². The minimum Gasteiger partial charge on any atom is -0.492 e. The largest absolute Gasteiger partial charge is 0.492 e. The number of hydrogen-bond acceptors (Lipinski definition) is 1. The second-order valence-corrected chi connectivity index (χ2v) is 6.02. The van der Waals surface area contributed by atoms with E-state index >= 15 is 0 Å². The maximum atomic E-state index is 6.08. The monoisotopic (exact) mass is 206 g/mol. The van der Waals surface area contributed by atoms with Crippen molar-refractivity contribution >= 4 is 0 Å². The lowest BCUT2D eigenvalue weighted by molar-refractivity contribution is -0.0977. The summed E-state index contributed by atoms with van der Waals surface area (Å²) >= 11 is 0. The van der Waals surface area contributed by atoms with E-state index in [4.69, 9.17) is 4.74 Å². The molecule has 1 aliphatic carbocycles. The van der Waals surface area contributed by atoms with Gasteiger partial charge in [0.25, 0.3) is 0 Å². The molecule has 84 valence electrons. The van der Waals surface area contributed by atoms with Crippen molar-refractivity contribution in [2.45, 2.75) is 52.6 Å². The fourth-order valence-electron chi connectivity index (χ4n) is 3.76. The zero-order chi connectivity index (χ0) is 11.3. The molecule has 1 aliphatic heterocycles. The van der Waals surface area contributed by atoms with Gasteiger partial charge in [0, 0.05) is 5.92 Å². The zero-order valence-corrected chi connectivity index (χ0v) is 10.4. The molecular weight excluding hydrogens is 184 g/mol. The predicted octanol–water partition coefficient (Wildman–Crippen LogP) is 4.06. The Kier molecular flexibility index (Phi) is 2.25. The summed E-state index contributed by atoms with van der Waals surface area (Å²) in [6, 6.07) is 0. The average molecular weight is 206 g/mol. The minimum absolute atomic E-state index is 0.0162. The number of hydrogen-bond donors (Lipinski definition) is 0. The summed E-state index contributed by atoms with van der Waals surface area (Å²) < 4.78 is 6.08. The van der Waals surface area contributed by atoms with E-state index < -0.39 is 0 Å². The Morgan fingerprint density at radius 2 is 2.00 bits per heavy atom. The van der Waals surface area contributed by atoms with Crippen molar-refractivity contribution in [1.82, 2.24) is 0 Å². The van der Waals surface area contributed by atoms with Gasteiger partial charge in [-0.2, -0.15) is 0 Å². The highest BCUT2D eigenvalue weighted by Gasteiger charge is 2.50. The highest BCUT2D eigenvalue weighted by Crippen LogP contribution is 2.53. The molecule has 15 heavy (non-hydrogen) atoms. The molecule has 2 aliphatic rings. The SMILES string of the molecule is C=C1C=C(C)OC2(C)CCCC(C)(C)C12. The Morgan fingerprint density at radius 3 is 2.67 bits per heavy atom. The average Bonchev–Trinajstić information content (AvgIpc) is 1.97. The van der Waals surface area contributed by atoms with E-state index in [1.54, 1.807) is 0 Å². The van der Waals surface area contributed by atoms with Crippen molar-refractivity contribution in [3.63, 3.8) is 0 Å². The minimum atomic E-state index is -0.0162. The van der Waals surface area contributed by atoms with Crippen LogP contribution in [-0.4, -0.2) is 5.60 Å². The van der Waals surface area contributed by atoms with E-state index in [0.29, 0.717) is 11.3 Å². The van der Waals surface area contributed by atoms with Gasteiger partial charge in [-0.05, 0) is 50.2 Å². The third kappa shape index (κ3) is 1.62. The second kappa shape index (κ2) is 3.13. The molecule has 2 rings (SSSR count). The van der Waals surface area contributed by atoms with Crippen molar-refractivity contribution in [2.24, 2.45) is 11.3 Å². The first-order valence-corrected chi connectivity index (χ1v) is 5.91. The molecule has 0 amide bonds. The lowest BCUT2D eigenvalue weighted by Crippen LogP contribution is -2.50. The molecule has 1 heterocycles. The molecule has 0 bridgehead atoms. The molecule has 0 aromatic rings. The second-order valence-electron chi connectivity index (χ2n) is 6.02. The van der Waals surface area contributed by atoms with Gasteiger partial charge in [0.1, 0.15) is 5.60 Å². The first kappa shape index (κ1) is 10.8. The molecule has 1 nitrogen and oxygen atoms in total. The van der Waals surface area contributed by atoms with Gasteiger partial charge in [-0.25, -0.2) is 0 Å². The van der Waals surface area contributed by atoms with Gasteiger partial charge in [-0.15, -0.1) is 0 Å². The molecular formula is C14H22O. The Balaban J connectivity index is 2.43. The lowest BCUT2D eigenvalue weighted by atomic mass is 9.58. The van der Waals surface area contributed by atoms with E-state index in [-0.39, 0.29) is 5.60 Å². The third-order valence-corrected chi connectivity index (χ3v) is 4.04. The molecule has 0 aromatic heterocycles. The Labute approximate surface area is 93.2 Å². The molecule has 0 aromatic carbocycles. The number of rotatable bonds is 0. The van der Waals surface area contributed by atoms with Crippen LogP contribution in [0.1, 0.15) is 47.0 Å². The van der Waals surface area contributed by atoms with Crippen LogP contribution in [0.3, 0.4) is 0 Å². The summed E-state index contributed by atoms with van der Waals surface area (Å²) in [4.78, 5) is 0. The molecule has 0 spiro atoms. The molecule has 2 unspecified atom stereocenters. The first-order chi connectivity index (χ1) is 6.85. The van der Waals surface area contributed by atoms with Crippen LogP contribution in [0.25, 0.3) is 0 Å². The van der Waals surface area contributed by atoms with Crippen molar-refractivity contribution in [3.8, 4) is 0 Å². The van der Waals surface area contributed by atoms with Gasteiger partial charge in [0.2, 0.25) is 0 Å². The van der Waals surface area contributed by atoms with Crippen LogP contribution in [0.4, 0.5) is 0 Å². The van der Waals surface area contributed by atoms with Crippen LogP contribution in [0, 0.1) is 11.3 Å². The third-order valence-electron chi connectivity index (χ3n) is 4.04. The fraction of sp³-hybridized carbons (Fsp3) is 0.714. The van der Waals surface area contributed by atoms with E-state index in [1.807, 2.05) is 6.92 Å². The Hall–Kier alpha value is -0.720. The van der Waals surface area contributed by atoms with Gasteiger partial charge in [0.05, 0.1) is 5.76 Å². The molecule has 1 fully saturated rings. The van der Waals surface area contributed by atoms with Crippen LogP contribution in [0.5, 0.6) is 0 Å². The van der Waals surface area contributed by atoms with Gasteiger partial charge in [-0.3, -0.25) is 0 Å². The van der Waals surface area contributed by atoms with Crippen molar-refractivity contribution in [1.29, 1.82) is 0 Å². The standard InChI is InChI=1S/C14H22O/c1-10-9-11(2)15-14(5)8-6-7-13(3,4)12(10)14/h9,12H,1,6-8H2,2-5H3. The molecule has 1 saturated carbocycles. The molecule has 0 saturated heterocycles. The van der Waals surface area contributed by atoms with Gasteiger partial charge < -0.3 is 4.74 Å². The topological polar surface area (TPSA) is 9.23 Å². The van der Waals surface area contributed by atoms with Crippen molar-refractivity contribution in [2.75, 3.05) is 0 Å². The summed E-state index contributed by atoms with van der Waals surface area (Å²) in [6.07, 6.45) is 5.81. The Morgan fingerprint density at radius 1 is 1.33 bits per heavy atom. The molecule has 1 heteroatoms. The first-order valence-electron chi connectivity index (χ1n) is 5.91. The van der Waals surface area contributed by atoms with Crippen molar-refractivity contribution < 1.29 is 4.74 Å². The molecule has 0 radical (unpaired) electrons. The smallest absolute Gasteiger partial charge is 0.113 e. The van der Waals surface area contributed by atoms with Crippen LogP contribution in [0.15, 0.2) is 24.0 Å². The van der Waals surface area contributed by atoms with E-state index in [1.165, 1.54) is 18.4 Å². The Bertz CT molecular complexity index is 324. The van der Waals surface area contributed by atoms with Gasteiger partial charge in [-0.1, -0.05) is 20.4 Å². The lowest BCUT2D eigenvalue weighted by Gasteiger charge is -2.53. The zero-order valence-electron chi connectivity index (χ0n) is 10.4.